The van der Waals surface area contributed by atoms with E-state index in [1.807, 2.05) is 0 Å². The van der Waals surface area contributed by atoms with Crippen molar-refractivity contribution in [2.75, 3.05) is 12.4 Å². The van der Waals surface area contributed by atoms with Gasteiger partial charge in [0.05, 0.1) is 5.75 Å². The fourth-order valence-corrected chi connectivity index (χ4v) is 1.18. The first-order chi connectivity index (χ1) is 6.90. The summed E-state index contributed by atoms with van der Waals surface area (Å²) in [6, 6.07) is 3.38. The van der Waals surface area contributed by atoms with Crippen LogP contribution in [-0.2, 0) is 10.0 Å². The molecular formula is C8H9F2NO3S. The van der Waals surface area contributed by atoms with Crippen LogP contribution < -0.4 is 9.88 Å². The van der Waals surface area contributed by atoms with Gasteiger partial charge in [0.1, 0.15) is 6.61 Å². The van der Waals surface area contributed by atoms with Crippen LogP contribution in [-0.4, -0.2) is 20.8 Å². The van der Waals surface area contributed by atoms with Gasteiger partial charge in [-0.2, -0.15) is 4.39 Å². The maximum Gasteiger partial charge on any atom is 0.212 e. The number of nitrogens with two attached hydrogens (primary N) is 1. The Bertz CT molecular complexity index is 447. The molecule has 0 fully saturated rings. The van der Waals surface area contributed by atoms with Gasteiger partial charge in [0.2, 0.25) is 15.8 Å². The minimum atomic E-state index is -3.66. The van der Waals surface area contributed by atoms with Crippen molar-refractivity contribution in [3.05, 3.63) is 29.8 Å². The van der Waals surface area contributed by atoms with E-state index in [9.17, 15) is 17.2 Å². The molecule has 0 radical (unpaired) electrons. The zero-order valence-electron chi connectivity index (χ0n) is 7.61. The van der Waals surface area contributed by atoms with Gasteiger partial charge in [-0.05, 0) is 12.1 Å². The van der Waals surface area contributed by atoms with E-state index in [1.54, 1.807) is 0 Å². The minimum Gasteiger partial charge on any atom is -0.489 e. The first-order valence-corrected chi connectivity index (χ1v) is 5.69. The molecular weight excluding hydrogens is 228 g/mol. The first kappa shape index (κ1) is 11.9. The van der Waals surface area contributed by atoms with E-state index in [0.717, 1.165) is 6.07 Å². The number of ether oxygens (including phenoxy) is 1. The number of sulfonamides is 1. The van der Waals surface area contributed by atoms with E-state index in [-0.39, 0.29) is 12.4 Å². The summed E-state index contributed by atoms with van der Waals surface area (Å²) in [5.74, 6) is -2.99. The number of hydrogen-bond acceptors (Lipinski definition) is 3. The Morgan fingerprint density at radius 3 is 2.60 bits per heavy atom. The molecule has 0 heterocycles. The van der Waals surface area contributed by atoms with Crippen LogP contribution in [0.4, 0.5) is 8.78 Å². The van der Waals surface area contributed by atoms with Crippen molar-refractivity contribution in [2.24, 2.45) is 5.14 Å². The van der Waals surface area contributed by atoms with Gasteiger partial charge in [-0.15, -0.1) is 0 Å². The third-order valence-electron chi connectivity index (χ3n) is 1.54. The molecule has 0 bridgehead atoms. The SMILES string of the molecule is NS(=O)(=O)CCOc1cccc(F)c1F. The van der Waals surface area contributed by atoms with Crippen molar-refractivity contribution in [2.45, 2.75) is 0 Å². The number of benzene rings is 1. The Labute approximate surface area is 85.7 Å². The lowest BCUT2D eigenvalue weighted by atomic mass is 10.3. The predicted molar refractivity (Wildman–Crippen MR) is 49.8 cm³/mol. The smallest absolute Gasteiger partial charge is 0.212 e. The van der Waals surface area contributed by atoms with Gasteiger partial charge < -0.3 is 4.74 Å². The van der Waals surface area contributed by atoms with Crippen LogP contribution in [0, 0.1) is 11.6 Å². The van der Waals surface area contributed by atoms with Crippen LogP contribution in [0.3, 0.4) is 0 Å². The molecule has 1 aromatic rings. The fraction of sp³-hybridized carbons (Fsp3) is 0.250. The molecule has 0 unspecified atom stereocenters. The molecule has 0 saturated carbocycles. The molecule has 1 rings (SSSR count). The largest absolute Gasteiger partial charge is 0.489 e. The Hall–Kier alpha value is -1.21. The highest BCUT2D eigenvalue weighted by Crippen LogP contribution is 2.18. The van der Waals surface area contributed by atoms with Crippen molar-refractivity contribution in [1.29, 1.82) is 0 Å². The average Bonchev–Trinajstić information content (AvgIpc) is 2.10. The quantitative estimate of drug-likeness (QED) is 0.835. The zero-order valence-corrected chi connectivity index (χ0v) is 8.43. The summed E-state index contributed by atoms with van der Waals surface area (Å²) in [4.78, 5) is 0. The second-order valence-corrected chi connectivity index (χ2v) is 4.50. The van der Waals surface area contributed by atoms with Gasteiger partial charge in [0.15, 0.2) is 11.6 Å². The van der Waals surface area contributed by atoms with Gasteiger partial charge >= 0.3 is 0 Å². The Balaban J connectivity index is 2.62. The number of rotatable bonds is 4. The van der Waals surface area contributed by atoms with Crippen LogP contribution >= 0.6 is 0 Å². The van der Waals surface area contributed by atoms with Crippen LogP contribution in [0.5, 0.6) is 5.75 Å². The lowest BCUT2D eigenvalue weighted by Crippen LogP contribution is -2.21. The van der Waals surface area contributed by atoms with E-state index in [2.05, 4.69) is 0 Å². The molecule has 0 spiro atoms. The summed E-state index contributed by atoms with van der Waals surface area (Å²) in [5, 5.41) is 4.69. The van der Waals surface area contributed by atoms with Crippen LogP contribution in [0.15, 0.2) is 18.2 Å². The normalized spacial score (nSPS) is 11.4. The van der Waals surface area contributed by atoms with E-state index < -0.39 is 27.4 Å². The van der Waals surface area contributed by atoms with Gasteiger partial charge in [-0.3, -0.25) is 0 Å². The zero-order chi connectivity index (χ0) is 11.5. The van der Waals surface area contributed by atoms with Crippen molar-refractivity contribution < 1.29 is 21.9 Å². The molecule has 4 nitrogen and oxygen atoms in total. The standard InChI is InChI=1S/C8H9F2NO3S/c9-6-2-1-3-7(8(6)10)14-4-5-15(11,12)13/h1-3H,4-5H2,(H2,11,12,13). The summed E-state index contributed by atoms with van der Waals surface area (Å²) in [5.41, 5.74) is 0. The molecule has 1 aromatic carbocycles. The third kappa shape index (κ3) is 3.80. The predicted octanol–water partition coefficient (Wildman–Crippen LogP) is 0.632. The van der Waals surface area contributed by atoms with Gasteiger partial charge in [0.25, 0.3) is 0 Å². The summed E-state index contributed by atoms with van der Waals surface area (Å²) in [6.45, 7) is -0.320. The Kier molecular flexibility index (Phi) is 3.59. The second-order valence-electron chi connectivity index (χ2n) is 2.77. The molecule has 0 saturated heterocycles. The third-order valence-corrected chi connectivity index (χ3v) is 2.28. The average molecular weight is 237 g/mol. The number of primary sulfonamides is 1. The molecule has 0 aromatic heterocycles. The molecule has 0 aliphatic carbocycles. The van der Waals surface area contributed by atoms with E-state index in [0.29, 0.717) is 0 Å². The molecule has 0 aliphatic rings. The molecule has 7 heteroatoms. The maximum absolute atomic E-state index is 12.9. The lowest BCUT2D eigenvalue weighted by Gasteiger charge is -2.06. The van der Waals surface area contributed by atoms with Gasteiger partial charge in [-0.25, -0.2) is 17.9 Å². The highest BCUT2D eigenvalue weighted by molar-refractivity contribution is 7.89. The molecule has 2 N–H and O–H groups in total. The minimum absolute atomic E-state index is 0.320. The number of halogens is 2. The monoisotopic (exact) mass is 237 g/mol. The van der Waals surface area contributed by atoms with Crippen LogP contribution in [0.1, 0.15) is 0 Å². The summed E-state index contributed by atoms with van der Waals surface area (Å²) in [7, 11) is -3.66. The topological polar surface area (TPSA) is 69.4 Å². The highest BCUT2D eigenvalue weighted by Gasteiger charge is 2.09. The van der Waals surface area contributed by atoms with Crippen LogP contribution in [0.25, 0.3) is 0 Å². The fourth-order valence-electron chi connectivity index (χ4n) is 0.863. The first-order valence-electron chi connectivity index (χ1n) is 3.97. The lowest BCUT2D eigenvalue weighted by molar-refractivity contribution is 0.315. The van der Waals surface area contributed by atoms with E-state index in [1.165, 1.54) is 12.1 Å². The summed E-state index contributed by atoms with van der Waals surface area (Å²) >= 11 is 0. The van der Waals surface area contributed by atoms with Crippen molar-refractivity contribution >= 4 is 10.0 Å². The van der Waals surface area contributed by atoms with Crippen molar-refractivity contribution in [3.8, 4) is 5.75 Å². The number of hydrogen-bond donors (Lipinski definition) is 1. The highest BCUT2D eigenvalue weighted by atomic mass is 32.2. The second kappa shape index (κ2) is 4.54. The molecule has 84 valence electrons. The maximum atomic E-state index is 12.9. The molecule has 15 heavy (non-hydrogen) atoms. The van der Waals surface area contributed by atoms with Crippen molar-refractivity contribution in [3.63, 3.8) is 0 Å². The molecule has 0 amide bonds. The molecule has 0 atom stereocenters. The summed E-state index contributed by atoms with van der Waals surface area (Å²) in [6.07, 6.45) is 0. The van der Waals surface area contributed by atoms with Gasteiger partial charge in [0, 0.05) is 0 Å². The Morgan fingerprint density at radius 2 is 2.00 bits per heavy atom. The van der Waals surface area contributed by atoms with Gasteiger partial charge in [-0.1, -0.05) is 6.07 Å². The van der Waals surface area contributed by atoms with Crippen molar-refractivity contribution in [1.82, 2.24) is 0 Å². The van der Waals surface area contributed by atoms with E-state index >= 15 is 0 Å². The Morgan fingerprint density at radius 1 is 1.33 bits per heavy atom. The van der Waals surface area contributed by atoms with Crippen LogP contribution in [0.2, 0.25) is 0 Å². The molecule has 0 aliphatic heterocycles. The van der Waals surface area contributed by atoms with E-state index in [4.69, 9.17) is 9.88 Å². The summed E-state index contributed by atoms with van der Waals surface area (Å²) < 4.78 is 51.3.